The van der Waals surface area contributed by atoms with Crippen molar-refractivity contribution in [3.63, 3.8) is 0 Å². The third-order valence-corrected chi connectivity index (χ3v) is 3.09. The molecule has 0 aromatic heterocycles. The van der Waals surface area contributed by atoms with Gasteiger partial charge in [0.05, 0.1) is 0 Å². The highest BCUT2D eigenvalue weighted by Gasteiger charge is 2.25. The minimum Gasteiger partial charge on any atom is -0.0617 e. The maximum absolute atomic E-state index is 2.34. The lowest BCUT2D eigenvalue weighted by molar-refractivity contribution is 0.660. The van der Waals surface area contributed by atoms with Crippen molar-refractivity contribution in [2.75, 3.05) is 0 Å². The van der Waals surface area contributed by atoms with Gasteiger partial charge in [-0.1, -0.05) is 32.0 Å². The van der Waals surface area contributed by atoms with Gasteiger partial charge >= 0.3 is 0 Å². The second-order valence-corrected chi connectivity index (χ2v) is 4.12. The van der Waals surface area contributed by atoms with Crippen LogP contribution in [0.5, 0.6) is 0 Å². The first-order chi connectivity index (χ1) is 5.70. The van der Waals surface area contributed by atoms with Crippen LogP contribution in [0, 0.1) is 6.92 Å². The summed E-state index contributed by atoms with van der Waals surface area (Å²) in [6.07, 6.45) is 1.33. The Morgan fingerprint density at radius 2 is 1.92 bits per heavy atom. The number of fused-ring (bicyclic) bond motifs is 1. The van der Waals surface area contributed by atoms with Crippen LogP contribution in [-0.2, 0) is 0 Å². The van der Waals surface area contributed by atoms with Gasteiger partial charge in [0.25, 0.3) is 0 Å². The van der Waals surface area contributed by atoms with Crippen LogP contribution in [0.1, 0.15) is 48.8 Å². The van der Waals surface area contributed by atoms with Gasteiger partial charge in [-0.3, -0.25) is 0 Å². The van der Waals surface area contributed by atoms with Gasteiger partial charge in [0.1, 0.15) is 0 Å². The molecule has 2 rings (SSSR count). The second-order valence-electron chi connectivity index (χ2n) is 4.12. The molecule has 0 nitrogen and oxygen atoms in total. The summed E-state index contributed by atoms with van der Waals surface area (Å²) in [4.78, 5) is 0. The molecule has 0 heteroatoms. The zero-order valence-electron chi connectivity index (χ0n) is 8.09. The van der Waals surface area contributed by atoms with E-state index in [9.17, 15) is 0 Å². The Hall–Kier alpha value is -0.780. The van der Waals surface area contributed by atoms with Crippen molar-refractivity contribution >= 4 is 0 Å². The molecule has 0 heterocycles. The van der Waals surface area contributed by atoms with Crippen LogP contribution in [0.4, 0.5) is 0 Å². The van der Waals surface area contributed by atoms with Crippen LogP contribution >= 0.6 is 0 Å². The van der Waals surface area contributed by atoms with Crippen LogP contribution < -0.4 is 0 Å². The monoisotopic (exact) mass is 160 g/mol. The van der Waals surface area contributed by atoms with Crippen LogP contribution in [-0.4, -0.2) is 0 Å². The highest BCUT2D eigenvalue weighted by molar-refractivity contribution is 5.42. The van der Waals surface area contributed by atoms with Crippen molar-refractivity contribution in [2.24, 2.45) is 0 Å². The largest absolute Gasteiger partial charge is 0.0617 e. The number of rotatable bonds is 0. The lowest BCUT2D eigenvalue weighted by Gasteiger charge is -2.07. The molecule has 64 valence electrons. The van der Waals surface area contributed by atoms with E-state index in [1.807, 2.05) is 0 Å². The third kappa shape index (κ3) is 0.979. The topological polar surface area (TPSA) is 0 Å². The van der Waals surface area contributed by atoms with Crippen molar-refractivity contribution < 1.29 is 0 Å². The van der Waals surface area contributed by atoms with Crippen molar-refractivity contribution in [1.82, 2.24) is 0 Å². The minimum absolute atomic E-state index is 0.773. The predicted molar refractivity (Wildman–Crippen MR) is 52.6 cm³/mol. The molecule has 1 aliphatic carbocycles. The lowest BCUT2D eigenvalue weighted by atomic mass is 9.98. The lowest BCUT2D eigenvalue weighted by Crippen LogP contribution is -1.90. The van der Waals surface area contributed by atoms with E-state index in [4.69, 9.17) is 0 Å². The van der Waals surface area contributed by atoms with Gasteiger partial charge in [-0.15, -0.1) is 0 Å². The third-order valence-electron chi connectivity index (χ3n) is 3.09. The van der Waals surface area contributed by atoms with E-state index < -0.39 is 0 Å². The van der Waals surface area contributed by atoms with Crippen LogP contribution in [0.15, 0.2) is 18.2 Å². The fraction of sp³-hybridized carbons (Fsp3) is 0.500. The molecule has 2 unspecified atom stereocenters. The average Bonchev–Trinajstić information content (AvgIpc) is 2.29. The first kappa shape index (κ1) is 7.85. The number of benzene rings is 1. The van der Waals surface area contributed by atoms with Gasteiger partial charge in [-0.2, -0.15) is 0 Å². The van der Waals surface area contributed by atoms with E-state index in [0.29, 0.717) is 0 Å². The molecule has 0 saturated carbocycles. The van der Waals surface area contributed by atoms with E-state index in [1.54, 1.807) is 11.1 Å². The quantitative estimate of drug-likeness (QED) is 0.544. The summed E-state index contributed by atoms with van der Waals surface area (Å²) in [7, 11) is 0. The van der Waals surface area contributed by atoms with E-state index in [-0.39, 0.29) is 0 Å². The fourth-order valence-corrected chi connectivity index (χ4v) is 2.58. The fourth-order valence-electron chi connectivity index (χ4n) is 2.58. The SMILES string of the molecule is Cc1cccc2c1C(C)CC2C. The summed E-state index contributed by atoms with van der Waals surface area (Å²) < 4.78 is 0. The van der Waals surface area contributed by atoms with Crippen molar-refractivity contribution in [3.05, 3.63) is 34.9 Å². The Kier molecular flexibility index (Phi) is 1.71. The van der Waals surface area contributed by atoms with Gasteiger partial charge in [-0.25, -0.2) is 0 Å². The van der Waals surface area contributed by atoms with Gasteiger partial charge in [0.2, 0.25) is 0 Å². The molecule has 0 N–H and O–H groups in total. The second kappa shape index (κ2) is 2.62. The molecular formula is C12H16. The van der Waals surface area contributed by atoms with E-state index in [1.165, 1.54) is 12.0 Å². The Morgan fingerprint density at radius 1 is 1.17 bits per heavy atom. The van der Waals surface area contributed by atoms with Crippen LogP contribution in [0.25, 0.3) is 0 Å². The molecule has 1 aromatic carbocycles. The molecule has 0 saturated heterocycles. The molecule has 0 spiro atoms. The Morgan fingerprint density at radius 3 is 2.58 bits per heavy atom. The number of aryl methyl sites for hydroxylation is 1. The highest BCUT2D eigenvalue weighted by atomic mass is 14.3. The van der Waals surface area contributed by atoms with Gasteiger partial charge in [0, 0.05) is 0 Å². The Bertz CT molecular complexity index is 299. The highest BCUT2D eigenvalue weighted by Crippen LogP contribution is 2.42. The Balaban J connectivity index is 2.59. The van der Waals surface area contributed by atoms with Gasteiger partial charge in [-0.05, 0) is 41.9 Å². The van der Waals surface area contributed by atoms with Crippen molar-refractivity contribution in [2.45, 2.75) is 39.0 Å². The molecule has 0 bridgehead atoms. The average molecular weight is 160 g/mol. The summed E-state index contributed by atoms with van der Waals surface area (Å²) in [5.41, 5.74) is 4.68. The molecule has 12 heavy (non-hydrogen) atoms. The first-order valence-electron chi connectivity index (χ1n) is 4.79. The summed E-state index contributed by atoms with van der Waals surface area (Å²) >= 11 is 0. The Labute approximate surface area is 74.6 Å². The van der Waals surface area contributed by atoms with Gasteiger partial charge < -0.3 is 0 Å². The number of hydrogen-bond acceptors (Lipinski definition) is 0. The van der Waals surface area contributed by atoms with E-state index in [2.05, 4.69) is 39.0 Å². The van der Waals surface area contributed by atoms with Gasteiger partial charge in [0.15, 0.2) is 0 Å². The normalized spacial score (nSPS) is 27.2. The molecule has 2 atom stereocenters. The molecule has 0 fully saturated rings. The first-order valence-corrected chi connectivity index (χ1v) is 4.79. The molecule has 0 aliphatic heterocycles. The summed E-state index contributed by atoms with van der Waals surface area (Å²) in [6, 6.07) is 6.70. The minimum atomic E-state index is 0.773. The van der Waals surface area contributed by atoms with E-state index in [0.717, 1.165) is 11.8 Å². The smallest absolute Gasteiger partial charge is 0.0179 e. The molecule has 1 aromatic rings. The molecule has 0 radical (unpaired) electrons. The molecule has 1 aliphatic rings. The maximum atomic E-state index is 2.34. The summed E-state index contributed by atoms with van der Waals surface area (Å²) in [5, 5.41) is 0. The summed E-state index contributed by atoms with van der Waals surface area (Å²) in [5.74, 6) is 1.55. The van der Waals surface area contributed by atoms with Crippen molar-refractivity contribution in [3.8, 4) is 0 Å². The van der Waals surface area contributed by atoms with Crippen LogP contribution in [0.3, 0.4) is 0 Å². The van der Waals surface area contributed by atoms with Crippen molar-refractivity contribution in [1.29, 1.82) is 0 Å². The van der Waals surface area contributed by atoms with Crippen LogP contribution in [0.2, 0.25) is 0 Å². The van der Waals surface area contributed by atoms with E-state index >= 15 is 0 Å². The molecule has 0 amide bonds. The zero-order valence-corrected chi connectivity index (χ0v) is 8.09. The molecular weight excluding hydrogens is 144 g/mol. The summed E-state index contributed by atoms with van der Waals surface area (Å²) in [6.45, 7) is 6.91. The maximum Gasteiger partial charge on any atom is -0.0179 e. The standard InChI is InChI=1S/C12H16/c1-8-5-4-6-11-9(2)7-10(3)12(8)11/h4-6,9-10H,7H2,1-3H3. The predicted octanol–water partition coefficient (Wildman–Crippen LogP) is 3.61. The number of hydrogen-bond donors (Lipinski definition) is 0. The zero-order chi connectivity index (χ0) is 8.72.